The van der Waals surface area contributed by atoms with E-state index in [-0.39, 0.29) is 5.02 Å². The van der Waals surface area contributed by atoms with Gasteiger partial charge in [-0.15, -0.1) is 11.6 Å². The second-order valence-corrected chi connectivity index (χ2v) is 5.37. The van der Waals surface area contributed by atoms with Gasteiger partial charge in [-0.05, 0) is 35.4 Å². The van der Waals surface area contributed by atoms with Gasteiger partial charge in [0, 0.05) is 0 Å². The molecule has 0 nitrogen and oxygen atoms in total. The number of alkyl halides is 1. The fourth-order valence-corrected chi connectivity index (χ4v) is 2.30. The number of hydrogen-bond acceptors (Lipinski definition) is 0. The molecule has 0 bridgehead atoms. The van der Waals surface area contributed by atoms with Gasteiger partial charge >= 0.3 is 0 Å². The number of benzene rings is 2. The van der Waals surface area contributed by atoms with Gasteiger partial charge < -0.3 is 0 Å². The fourth-order valence-electron chi connectivity index (χ4n) is 1.53. The van der Waals surface area contributed by atoms with Crippen molar-refractivity contribution >= 4 is 46.4 Å². The maximum atomic E-state index is 13.1. The van der Waals surface area contributed by atoms with Crippen molar-refractivity contribution in [2.24, 2.45) is 0 Å². The highest BCUT2D eigenvalue weighted by Crippen LogP contribution is 2.34. The molecule has 0 spiro atoms. The molecule has 0 radical (unpaired) electrons. The molecule has 94 valence electrons. The van der Waals surface area contributed by atoms with E-state index in [4.69, 9.17) is 46.4 Å². The zero-order valence-corrected chi connectivity index (χ0v) is 12.0. The summed E-state index contributed by atoms with van der Waals surface area (Å²) in [5, 5.41) is 0.463. The van der Waals surface area contributed by atoms with Gasteiger partial charge in [0.15, 0.2) is 0 Å². The van der Waals surface area contributed by atoms with E-state index in [1.165, 1.54) is 12.1 Å². The number of halogens is 5. The van der Waals surface area contributed by atoms with E-state index in [9.17, 15) is 4.39 Å². The first kappa shape index (κ1) is 14.0. The SMILES string of the molecule is Fc1ccc(C(Cl)c2ccc(Cl)c(Cl)c2)cc1Cl. The summed E-state index contributed by atoms with van der Waals surface area (Å²) in [5.74, 6) is -0.474. The van der Waals surface area contributed by atoms with Crippen molar-refractivity contribution in [3.05, 3.63) is 68.4 Å². The molecule has 2 aromatic rings. The van der Waals surface area contributed by atoms with Crippen LogP contribution in [0.1, 0.15) is 16.5 Å². The van der Waals surface area contributed by atoms with Crippen molar-refractivity contribution in [1.82, 2.24) is 0 Å². The third-order valence-corrected chi connectivity index (χ3v) is 4.01. The Morgan fingerprint density at radius 3 is 1.89 bits per heavy atom. The second-order valence-electron chi connectivity index (χ2n) is 3.71. The molecular formula is C13H7Cl4F. The van der Waals surface area contributed by atoms with Gasteiger partial charge in [0.25, 0.3) is 0 Å². The lowest BCUT2D eigenvalue weighted by atomic mass is 10.0. The largest absolute Gasteiger partial charge is 0.205 e. The zero-order valence-electron chi connectivity index (χ0n) is 8.93. The van der Waals surface area contributed by atoms with Crippen LogP contribution < -0.4 is 0 Å². The van der Waals surface area contributed by atoms with Gasteiger partial charge in [-0.25, -0.2) is 4.39 Å². The molecule has 0 fully saturated rings. The van der Waals surface area contributed by atoms with Crippen molar-refractivity contribution in [2.45, 2.75) is 5.38 Å². The summed E-state index contributed by atoms with van der Waals surface area (Å²) in [6.45, 7) is 0. The summed E-state index contributed by atoms with van der Waals surface area (Å²) in [6, 6.07) is 9.48. The minimum absolute atomic E-state index is 0.0400. The molecule has 0 N–H and O–H groups in total. The van der Waals surface area contributed by atoms with Crippen LogP contribution in [0, 0.1) is 5.82 Å². The molecular weight excluding hydrogens is 317 g/mol. The molecule has 0 saturated carbocycles. The summed E-state index contributed by atoms with van der Waals surface area (Å²) in [4.78, 5) is 0. The van der Waals surface area contributed by atoms with Crippen LogP contribution in [-0.2, 0) is 0 Å². The minimum atomic E-state index is -0.474. The van der Waals surface area contributed by atoms with Gasteiger partial charge in [0.05, 0.1) is 20.4 Å². The molecule has 0 aliphatic heterocycles. The van der Waals surface area contributed by atoms with Crippen molar-refractivity contribution in [2.75, 3.05) is 0 Å². The monoisotopic (exact) mass is 322 g/mol. The van der Waals surface area contributed by atoms with Crippen LogP contribution in [0.4, 0.5) is 4.39 Å². The first-order chi connectivity index (χ1) is 8.49. The molecule has 0 aliphatic rings. The average Bonchev–Trinajstić information content (AvgIpc) is 2.35. The molecule has 18 heavy (non-hydrogen) atoms. The molecule has 0 aromatic heterocycles. The Labute approximate surface area is 124 Å². The Hall–Kier alpha value is -0.470. The summed E-state index contributed by atoms with van der Waals surface area (Å²) < 4.78 is 13.1. The topological polar surface area (TPSA) is 0 Å². The van der Waals surface area contributed by atoms with E-state index in [1.807, 2.05) is 0 Å². The van der Waals surface area contributed by atoms with Gasteiger partial charge in [0.2, 0.25) is 0 Å². The Balaban J connectivity index is 2.37. The van der Waals surface area contributed by atoms with E-state index in [0.717, 1.165) is 5.56 Å². The lowest BCUT2D eigenvalue weighted by Crippen LogP contribution is -1.94. The minimum Gasteiger partial charge on any atom is -0.205 e. The Morgan fingerprint density at radius 1 is 0.778 bits per heavy atom. The van der Waals surface area contributed by atoms with Crippen LogP contribution in [0.15, 0.2) is 36.4 Å². The average molecular weight is 324 g/mol. The summed E-state index contributed by atoms with van der Waals surface area (Å²) in [5.41, 5.74) is 1.47. The highest BCUT2D eigenvalue weighted by atomic mass is 35.5. The van der Waals surface area contributed by atoms with Crippen molar-refractivity contribution in [1.29, 1.82) is 0 Å². The standard InChI is InChI=1S/C13H7Cl4F/c14-9-3-1-7(5-10(9)15)13(17)8-2-4-12(18)11(16)6-8/h1-6,13H. The maximum Gasteiger partial charge on any atom is 0.141 e. The van der Waals surface area contributed by atoms with Crippen LogP contribution in [-0.4, -0.2) is 0 Å². The number of rotatable bonds is 2. The number of hydrogen-bond donors (Lipinski definition) is 0. The van der Waals surface area contributed by atoms with Crippen molar-refractivity contribution in [3.63, 3.8) is 0 Å². The predicted molar refractivity (Wildman–Crippen MR) is 75.6 cm³/mol. The molecule has 0 saturated heterocycles. The maximum absolute atomic E-state index is 13.1. The summed E-state index contributed by atoms with van der Waals surface area (Å²) in [6.07, 6.45) is 0. The van der Waals surface area contributed by atoms with E-state index >= 15 is 0 Å². The van der Waals surface area contributed by atoms with Crippen LogP contribution in [0.2, 0.25) is 15.1 Å². The zero-order chi connectivity index (χ0) is 13.3. The lowest BCUT2D eigenvalue weighted by Gasteiger charge is -2.11. The van der Waals surface area contributed by atoms with Gasteiger partial charge in [-0.2, -0.15) is 0 Å². The lowest BCUT2D eigenvalue weighted by molar-refractivity contribution is 0.627. The van der Waals surface area contributed by atoms with Gasteiger partial charge in [-0.3, -0.25) is 0 Å². The van der Waals surface area contributed by atoms with Gasteiger partial charge in [0.1, 0.15) is 5.82 Å². The first-order valence-corrected chi connectivity index (χ1v) is 6.60. The van der Waals surface area contributed by atoms with Crippen LogP contribution >= 0.6 is 46.4 Å². The van der Waals surface area contributed by atoms with E-state index in [1.54, 1.807) is 24.3 Å². The molecule has 1 unspecified atom stereocenters. The highest BCUT2D eigenvalue weighted by molar-refractivity contribution is 6.42. The normalized spacial score (nSPS) is 12.5. The van der Waals surface area contributed by atoms with E-state index in [2.05, 4.69) is 0 Å². The molecule has 2 rings (SSSR count). The molecule has 2 aromatic carbocycles. The molecule has 1 atom stereocenters. The third-order valence-electron chi connectivity index (χ3n) is 2.47. The van der Waals surface area contributed by atoms with Gasteiger partial charge in [-0.1, -0.05) is 46.9 Å². The Bertz CT molecular complexity index is 532. The van der Waals surface area contributed by atoms with Crippen molar-refractivity contribution < 1.29 is 4.39 Å². The molecule has 0 aliphatic carbocycles. The first-order valence-electron chi connectivity index (χ1n) is 5.03. The summed E-state index contributed by atoms with van der Waals surface area (Å²) >= 11 is 23.8. The molecule has 5 heteroatoms. The van der Waals surface area contributed by atoms with Crippen molar-refractivity contribution in [3.8, 4) is 0 Å². The molecule has 0 amide bonds. The quantitative estimate of drug-likeness (QED) is 0.584. The highest BCUT2D eigenvalue weighted by Gasteiger charge is 2.13. The van der Waals surface area contributed by atoms with Crippen LogP contribution in [0.25, 0.3) is 0 Å². The smallest absolute Gasteiger partial charge is 0.141 e. The summed E-state index contributed by atoms with van der Waals surface area (Å²) in [7, 11) is 0. The Morgan fingerprint density at radius 2 is 1.33 bits per heavy atom. The second kappa shape index (κ2) is 5.66. The third kappa shape index (κ3) is 2.92. The van der Waals surface area contributed by atoms with Crippen LogP contribution in [0.3, 0.4) is 0 Å². The van der Waals surface area contributed by atoms with Crippen LogP contribution in [0.5, 0.6) is 0 Å². The van der Waals surface area contributed by atoms with E-state index in [0.29, 0.717) is 15.6 Å². The predicted octanol–water partition coefficient (Wildman–Crippen LogP) is 6.11. The Kier molecular flexibility index (Phi) is 4.39. The molecule has 0 heterocycles. The fraction of sp³-hybridized carbons (Fsp3) is 0.0769. The van der Waals surface area contributed by atoms with E-state index < -0.39 is 11.2 Å².